The predicted octanol–water partition coefficient (Wildman–Crippen LogP) is 6.85. The second-order valence-electron chi connectivity index (χ2n) is 7.19. The van der Waals surface area contributed by atoms with Gasteiger partial charge in [-0.2, -0.15) is 4.39 Å². The zero-order valence-corrected chi connectivity index (χ0v) is 15.3. The maximum absolute atomic E-state index is 14.7. The molecule has 0 N–H and O–H groups in total. The van der Waals surface area contributed by atoms with Crippen molar-refractivity contribution in [2.45, 2.75) is 51.4 Å². The highest BCUT2D eigenvalue weighted by molar-refractivity contribution is 5.66. The largest absolute Gasteiger partial charge is 0.494 e. The fraction of sp³-hybridized carbons (Fsp3) is 0.455. The van der Waals surface area contributed by atoms with Gasteiger partial charge in [0.05, 0.1) is 7.11 Å². The molecule has 0 aliphatic heterocycles. The van der Waals surface area contributed by atoms with Gasteiger partial charge in [-0.1, -0.05) is 31.9 Å². The van der Waals surface area contributed by atoms with Crippen LogP contribution in [-0.2, 0) is 0 Å². The Kier molecular flexibility index (Phi) is 5.90. The smallest absolute Gasteiger partial charge is 0.201 e. The minimum atomic E-state index is -1.09. The molecule has 2 aromatic rings. The number of hydrogen-bond acceptors (Lipinski definition) is 1. The molecule has 0 amide bonds. The lowest BCUT2D eigenvalue weighted by Crippen LogP contribution is -2.13. The molecule has 1 saturated carbocycles. The SMILES string of the molecule is CCCC1CCC(c2ccc(-c3ccc(OC)c(F)c3F)c(F)c2)CC1. The number of hydrogen-bond donors (Lipinski definition) is 0. The van der Waals surface area contributed by atoms with Gasteiger partial charge < -0.3 is 4.74 Å². The molecule has 2 aromatic carbocycles. The van der Waals surface area contributed by atoms with Gasteiger partial charge >= 0.3 is 0 Å². The van der Waals surface area contributed by atoms with E-state index < -0.39 is 17.5 Å². The Labute approximate surface area is 153 Å². The van der Waals surface area contributed by atoms with Gasteiger partial charge in [0, 0.05) is 11.1 Å². The molecule has 0 atom stereocenters. The van der Waals surface area contributed by atoms with Crippen molar-refractivity contribution in [3.63, 3.8) is 0 Å². The summed E-state index contributed by atoms with van der Waals surface area (Å²) in [4.78, 5) is 0. The average molecular weight is 362 g/mol. The Morgan fingerprint density at radius 3 is 2.23 bits per heavy atom. The molecule has 0 saturated heterocycles. The van der Waals surface area contributed by atoms with Gasteiger partial charge in [-0.25, -0.2) is 8.78 Å². The van der Waals surface area contributed by atoms with Gasteiger partial charge in [-0.3, -0.25) is 0 Å². The highest BCUT2D eigenvalue weighted by Gasteiger charge is 2.23. The zero-order chi connectivity index (χ0) is 18.7. The molecule has 0 heterocycles. The first kappa shape index (κ1) is 18.8. The molecule has 0 unspecified atom stereocenters. The zero-order valence-electron chi connectivity index (χ0n) is 15.3. The van der Waals surface area contributed by atoms with Gasteiger partial charge in [0.15, 0.2) is 11.6 Å². The van der Waals surface area contributed by atoms with Crippen LogP contribution in [0, 0.1) is 23.4 Å². The van der Waals surface area contributed by atoms with Crippen molar-refractivity contribution < 1.29 is 17.9 Å². The molecule has 1 aliphatic carbocycles. The molecule has 3 rings (SSSR count). The van der Waals surface area contributed by atoms with E-state index in [1.165, 1.54) is 51.0 Å². The third-order valence-corrected chi connectivity index (χ3v) is 5.57. The van der Waals surface area contributed by atoms with Crippen molar-refractivity contribution in [2.75, 3.05) is 7.11 Å². The van der Waals surface area contributed by atoms with Crippen LogP contribution in [0.2, 0.25) is 0 Å². The molecule has 1 aliphatic rings. The quantitative estimate of drug-likeness (QED) is 0.565. The maximum Gasteiger partial charge on any atom is 0.201 e. The maximum atomic E-state index is 14.7. The van der Waals surface area contributed by atoms with Crippen molar-refractivity contribution >= 4 is 0 Å². The standard InChI is InChI=1S/C22H25F3O/c1-3-4-14-5-7-15(8-6-14)16-9-10-17(19(23)13-16)18-11-12-20(26-2)22(25)21(18)24/h9-15H,3-8H2,1-2H3. The molecular weight excluding hydrogens is 337 g/mol. The van der Waals surface area contributed by atoms with E-state index >= 15 is 0 Å². The molecule has 0 bridgehead atoms. The summed E-state index contributed by atoms with van der Waals surface area (Å²) in [5, 5.41) is 0. The van der Waals surface area contributed by atoms with Gasteiger partial charge in [0.2, 0.25) is 5.82 Å². The second kappa shape index (κ2) is 8.15. The number of benzene rings is 2. The summed E-state index contributed by atoms with van der Waals surface area (Å²) >= 11 is 0. The lowest BCUT2D eigenvalue weighted by atomic mass is 9.77. The van der Waals surface area contributed by atoms with Crippen molar-refractivity contribution in [2.24, 2.45) is 5.92 Å². The van der Waals surface area contributed by atoms with Crippen molar-refractivity contribution in [3.05, 3.63) is 53.3 Å². The molecule has 140 valence electrons. The number of ether oxygens (including phenoxy) is 1. The van der Waals surface area contributed by atoms with Gasteiger partial charge in [-0.05, 0) is 61.3 Å². The van der Waals surface area contributed by atoms with Crippen LogP contribution in [0.3, 0.4) is 0 Å². The van der Waals surface area contributed by atoms with E-state index in [0.717, 1.165) is 24.3 Å². The van der Waals surface area contributed by atoms with Crippen LogP contribution in [0.25, 0.3) is 11.1 Å². The average Bonchev–Trinajstić information content (AvgIpc) is 2.65. The summed E-state index contributed by atoms with van der Waals surface area (Å²) in [6, 6.07) is 7.57. The lowest BCUT2D eigenvalue weighted by Gasteiger charge is -2.28. The number of rotatable bonds is 5. The number of halogens is 3. The molecule has 0 spiro atoms. The van der Waals surface area contributed by atoms with Crippen molar-refractivity contribution in [1.82, 2.24) is 0 Å². The Hall–Kier alpha value is -1.97. The lowest BCUT2D eigenvalue weighted by molar-refractivity contribution is 0.308. The Morgan fingerprint density at radius 1 is 0.923 bits per heavy atom. The van der Waals surface area contributed by atoms with Crippen LogP contribution >= 0.6 is 0 Å². The summed E-state index contributed by atoms with van der Waals surface area (Å²) in [5.74, 6) is -1.74. The molecule has 26 heavy (non-hydrogen) atoms. The van der Waals surface area contributed by atoms with Gasteiger partial charge in [-0.15, -0.1) is 0 Å². The third kappa shape index (κ3) is 3.74. The first-order valence-electron chi connectivity index (χ1n) is 9.37. The monoisotopic (exact) mass is 362 g/mol. The minimum Gasteiger partial charge on any atom is -0.494 e. The van der Waals surface area contributed by atoms with Crippen LogP contribution in [0.4, 0.5) is 13.2 Å². The van der Waals surface area contributed by atoms with Gasteiger partial charge in [0.25, 0.3) is 0 Å². The van der Waals surface area contributed by atoms with Crippen LogP contribution < -0.4 is 4.74 Å². The Bertz CT molecular complexity index is 764. The summed E-state index contributed by atoms with van der Waals surface area (Å²) in [6.45, 7) is 2.21. The van der Waals surface area contributed by atoms with Crippen LogP contribution in [0.5, 0.6) is 5.75 Å². The van der Waals surface area contributed by atoms with E-state index in [9.17, 15) is 13.2 Å². The second-order valence-corrected chi connectivity index (χ2v) is 7.19. The highest BCUT2D eigenvalue weighted by atomic mass is 19.2. The first-order valence-corrected chi connectivity index (χ1v) is 9.37. The highest BCUT2D eigenvalue weighted by Crippen LogP contribution is 2.39. The normalized spacial score (nSPS) is 20.2. The van der Waals surface area contributed by atoms with Crippen molar-refractivity contribution in [3.8, 4) is 16.9 Å². The summed E-state index contributed by atoms with van der Waals surface area (Å²) in [7, 11) is 1.27. The molecule has 1 nitrogen and oxygen atoms in total. The first-order chi connectivity index (χ1) is 12.5. The van der Waals surface area contributed by atoms with E-state index in [4.69, 9.17) is 4.74 Å². The van der Waals surface area contributed by atoms with E-state index in [2.05, 4.69) is 6.92 Å². The van der Waals surface area contributed by atoms with E-state index in [-0.39, 0.29) is 16.9 Å². The molecule has 1 fully saturated rings. The van der Waals surface area contributed by atoms with E-state index in [0.29, 0.717) is 5.92 Å². The molecular formula is C22H25F3O. The molecule has 0 radical (unpaired) electrons. The minimum absolute atomic E-state index is 0.0764. The van der Waals surface area contributed by atoms with E-state index in [1.807, 2.05) is 6.07 Å². The van der Waals surface area contributed by atoms with Gasteiger partial charge in [0.1, 0.15) is 5.82 Å². The third-order valence-electron chi connectivity index (χ3n) is 5.57. The molecule has 4 heteroatoms. The predicted molar refractivity (Wildman–Crippen MR) is 97.9 cm³/mol. The van der Waals surface area contributed by atoms with Crippen LogP contribution in [-0.4, -0.2) is 7.11 Å². The topological polar surface area (TPSA) is 9.23 Å². The number of methoxy groups -OCH3 is 1. The van der Waals surface area contributed by atoms with Crippen molar-refractivity contribution in [1.29, 1.82) is 0 Å². The fourth-order valence-corrected chi connectivity index (χ4v) is 4.09. The summed E-state index contributed by atoms with van der Waals surface area (Å²) in [6.07, 6.45) is 6.97. The Balaban J connectivity index is 1.82. The van der Waals surface area contributed by atoms with Crippen LogP contribution in [0.1, 0.15) is 56.9 Å². The fourth-order valence-electron chi connectivity index (χ4n) is 4.09. The molecule has 0 aromatic heterocycles. The van der Waals surface area contributed by atoms with E-state index in [1.54, 1.807) is 6.07 Å². The Morgan fingerprint density at radius 2 is 1.62 bits per heavy atom. The van der Waals surface area contributed by atoms with Crippen LogP contribution in [0.15, 0.2) is 30.3 Å². The summed E-state index contributed by atoms with van der Waals surface area (Å²) in [5.41, 5.74) is 0.946. The summed E-state index contributed by atoms with van der Waals surface area (Å²) < 4.78 is 47.6.